The molecule has 5 N–H and O–H groups in total. The largest absolute Gasteiger partial charge is 0.490 e. The molecule has 0 saturated carbocycles. The molecule has 10 heteroatoms. The molecule has 0 atom stereocenters. The molecule has 0 bridgehead atoms. The van der Waals surface area contributed by atoms with Crippen LogP contribution in [0.4, 0.5) is 23.1 Å². The predicted molar refractivity (Wildman–Crippen MR) is 124 cm³/mol. The summed E-state index contributed by atoms with van der Waals surface area (Å²) in [5.74, 6) is 1.53. The Morgan fingerprint density at radius 1 is 1.06 bits per heavy atom. The Labute approximate surface area is 187 Å². The number of nitrogens with zero attached hydrogens (tertiary/aromatic N) is 4. The number of hydrogen-bond acceptors (Lipinski definition) is 9. The number of aromatic nitrogens is 2. The van der Waals surface area contributed by atoms with Crippen LogP contribution in [-0.2, 0) is 4.74 Å². The number of nitrogen functional groups attached to an aromatic ring is 2. The van der Waals surface area contributed by atoms with Crippen molar-refractivity contribution in [1.82, 2.24) is 14.9 Å². The van der Waals surface area contributed by atoms with Gasteiger partial charge in [0.2, 0.25) is 5.95 Å². The Morgan fingerprint density at radius 3 is 2.48 bits per heavy atom. The van der Waals surface area contributed by atoms with Gasteiger partial charge in [0.1, 0.15) is 17.5 Å². The first-order chi connectivity index (χ1) is 15.1. The first-order valence-corrected chi connectivity index (χ1v) is 11.1. The van der Waals surface area contributed by atoms with Crippen LogP contribution in [0.1, 0.15) is 12.8 Å². The lowest BCUT2D eigenvalue weighted by molar-refractivity contribution is 0.0256. The van der Waals surface area contributed by atoms with E-state index in [1.165, 1.54) is 5.69 Å². The number of rotatable bonds is 7. The van der Waals surface area contributed by atoms with Crippen LogP contribution in [0.3, 0.4) is 0 Å². The number of anilines is 4. The minimum absolute atomic E-state index is 0.111. The van der Waals surface area contributed by atoms with Crippen molar-refractivity contribution >= 4 is 34.7 Å². The number of benzene rings is 1. The zero-order chi connectivity index (χ0) is 21.6. The van der Waals surface area contributed by atoms with Crippen molar-refractivity contribution < 1.29 is 9.47 Å². The fourth-order valence-electron chi connectivity index (χ4n) is 3.88. The lowest BCUT2D eigenvalue weighted by atomic mass is 10.1. The standard InChI is InChI=1S/C21H30ClN7O2/c22-19-18(23)20(27-21(24)26-19)25-7-8-28-9-11-29(12-10-28)15-1-3-16(4-2-15)31-17-5-13-30-14-6-17/h1-4,17H,5-14,23H2,(H3,24,25,26,27). The molecule has 168 valence electrons. The number of hydrogen-bond donors (Lipinski definition) is 3. The molecule has 3 heterocycles. The highest BCUT2D eigenvalue weighted by Gasteiger charge is 2.18. The summed E-state index contributed by atoms with van der Waals surface area (Å²) in [4.78, 5) is 12.8. The van der Waals surface area contributed by atoms with E-state index in [2.05, 4.69) is 49.4 Å². The highest BCUT2D eigenvalue weighted by molar-refractivity contribution is 6.32. The first kappa shape index (κ1) is 21.7. The molecule has 9 nitrogen and oxygen atoms in total. The van der Waals surface area contributed by atoms with Crippen molar-refractivity contribution in [2.24, 2.45) is 0 Å². The molecule has 4 rings (SSSR count). The van der Waals surface area contributed by atoms with Crippen LogP contribution < -0.4 is 26.4 Å². The lowest BCUT2D eigenvalue weighted by Gasteiger charge is -2.36. The van der Waals surface area contributed by atoms with Crippen molar-refractivity contribution in [3.05, 3.63) is 29.4 Å². The fourth-order valence-corrected chi connectivity index (χ4v) is 4.05. The molecular weight excluding hydrogens is 418 g/mol. The van der Waals surface area contributed by atoms with E-state index >= 15 is 0 Å². The maximum absolute atomic E-state index is 6.07. The number of halogens is 1. The van der Waals surface area contributed by atoms with Gasteiger partial charge >= 0.3 is 0 Å². The molecule has 2 fully saturated rings. The molecule has 0 aliphatic carbocycles. The summed E-state index contributed by atoms with van der Waals surface area (Å²) >= 11 is 5.95. The van der Waals surface area contributed by atoms with E-state index in [1.807, 2.05) is 0 Å². The Balaban J connectivity index is 1.21. The zero-order valence-corrected chi connectivity index (χ0v) is 18.4. The number of piperazine rings is 1. The van der Waals surface area contributed by atoms with E-state index < -0.39 is 0 Å². The Morgan fingerprint density at radius 2 is 1.77 bits per heavy atom. The van der Waals surface area contributed by atoms with Crippen molar-refractivity contribution in [2.75, 3.05) is 74.2 Å². The fraction of sp³-hybridized carbons (Fsp3) is 0.524. The second kappa shape index (κ2) is 10.2. The van der Waals surface area contributed by atoms with Crippen LogP contribution in [0.25, 0.3) is 0 Å². The molecule has 0 unspecified atom stereocenters. The number of nitrogens with two attached hydrogens (primary N) is 2. The summed E-state index contributed by atoms with van der Waals surface area (Å²) in [5.41, 5.74) is 13.1. The van der Waals surface area contributed by atoms with Gasteiger partial charge in [0, 0.05) is 57.8 Å². The van der Waals surface area contributed by atoms with Gasteiger partial charge in [0.15, 0.2) is 11.0 Å². The number of nitrogens with one attached hydrogen (secondary N) is 1. The van der Waals surface area contributed by atoms with Crippen molar-refractivity contribution in [2.45, 2.75) is 18.9 Å². The summed E-state index contributed by atoms with van der Waals surface area (Å²) in [6, 6.07) is 8.45. The topological polar surface area (TPSA) is 115 Å². The number of ether oxygens (including phenoxy) is 2. The maximum atomic E-state index is 6.07. The van der Waals surface area contributed by atoms with Crippen molar-refractivity contribution in [3.8, 4) is 5.75 Å². The molecule has 0 amide bonds. The van der Waals surface area contributed by atoms with Crippen LogP contribution in [-0.4, -0.2) is 73.5 Å². The Kier molecular flexibility index (Phi) is 7.16. The first-order valence-electron chi connectivity index (χ1n) is 10.7. The summed E-state index contributed by atoms with van der Waals surface area (Å²) in [5, 5.41) is 3.38. The van der Waals surface area contributed by atoms with Gasteiger partial charge in [-0.25, -0.2) is 0 Å². The van der Waals surface area contributed by atoms with Gasteiger partial charge in [-0.1, -0.05) is 11.6 Å². The maximum Gasteiger partial charge on any atom is 0.223 e. The van der Waals surface area contributed by atoms with Gasteiger partial charge in [-0.05, 0) is 24.3 Å². The summed E-state index contributed by atoms with van der Waals surface area (Å²) < 4.78 is 11.5. The molecule has 2 saturated heterocycles. The van der Waals surface area contributed by atoms with E-state index in [1.54, 1.807) is 0 Å². The average molecular weight is 448 g/mol. The van der Waals surface area contributed by atoms with E-state index in [4.69, 9.17) is 32.5 Å². The minimum atomic E-state index is 0.111. The van der Waals surface area contributed by atoms with Crippen molar-refractivity contribution in [3.63, 3.8) is 0 Å². The Bertz CT molecular complexity index is 854. The highest BCUT2D eigenvalue weighted by Crippen LogP contribution is 2.25. The smallest absolute Gasteiger partial charge is 0.223 e. The third kappa shape index (κ3) is 5.81. The molecule has 1 aromatic heterocycles. The molecule has 2 aromatic rings. The average Bonchev–Trinajstić information content (AvgIpc) is 2.79. The quantitative estimate of drug-likeness (QED) is 0.548. The van der Waals surface area contributed by atoms with Crippen LogP contribution in [0.15, 0.2) is 24.3 Å². The van der Waals surface area contributed by atoms with E-state index in [9.17, 15) is 0 Å². The molecule has 1 aromatic carbocycles. The van der Waals surface area contributed by atoms with E-state index in [0.717, 1.165) is 64.5 Å². The molecule has 2 aliphatic heterocycles. The van der Waals surface area contributed by atoms with Crippen molar-refractivity contribution in [1.29, 1.82) is 0 Å². The van der Waals surface area contributed by atoms with Gasteiger partial charge in [-0.3, -0.25) is 4.90 Å². The third-order valence-corrected chi connectivity index (χ3v) is 5.97. The monoisotopic (exact) mass is 447 g/mol. The van der Waals surface area contributed by atoms with Crippen LogP contribution in [0, 0.1) is 0 Å². The zero-order valence-electron chi connectivity index (χ0n) is 17.6. The molecule has 2 aliphatic rings. The van der Waals surface area contributed by atoms with Gasteiger partial charge in [-0.15, -0.1) is 0 Å². The van der Waals surface area contributed by atoms with E-state index in [0.29, 0.717) is 18.1 Å². The highest BCUT2D eigenvalue weighted by atomic mass is 35.5. The second-order valence-corrected chi connectivity index (χ2v) is 8.17. The molecule has 0 spiro atoms. The third-order valence-electron chi connectivity index (χ3n) is 5.68. The van der Waals surface area contributed by atoms with Crippen LogP contribution in [0.5, 0.6) is 5.75 Å². The van der Waals surface area contributed by atoms with Gasteiger partial charge < -0.3 is 31.2 Å². The normalized spacial score (nSPS) is 18.2. The summed E-state index contributed by atoms with van der Waals surface area (Å²) in [7, 11) is 0. The van der Waals surface area contributed by atoms with Crippen LogP contribution in [0.2, 0.25) is 5.15 Å². The summed E-state index contributed by atoms with van der Waals surface area (Å²) in [6.07, 6.45) is 2.19. The predicted octanol–water partition coefficient (Wildman–Crippen LogP) is 2.09. The Hall–Kier alpha value is -2.49. The van der Waals surface area contributed by atoms with Gasteiger partial charge in [0.05, 0.1) is 13.2 Å². The minimum Gasteiger partial charge on any atom is -0.490 e. The molecular formula is C21H30ClN7O2. The SMILES string of the molecule is Nc1nc(Cl)c(N)c(NCCN2CCN(c3ccc(OC4CCOCC4)cc3)CC2)n1. The molecule has 31 heavy (non-hydrogen) atoms. The van der Waals surface area contributed by atoms with Gasteiger partial charge in [0.25, 0.3) is 0 Å². The second-order valence-electron chi connectivity index (χ2n) is 7.81. The van der Waals surface area contributed by atoms with E-state index in [-0.39, 0.29) is 17.2 Å². The molecule has 0 radical (unpaired) electrons. The van der Waals surface area contributed by atoms with Gasteiger partial charge in [-0.2, -0.15) is 9.97 Å². The lowest BCUT2D eigenvalue weighted by Crippen LogP contribution is -2.47. The van der Waals surface area contributed by atoms with Crippen LogP contribution >= 0.6 is 11.6 Å². The summed E-state index contributed by atoms with van der Waals surface area (Å²) in [6.45, 7) is 7.10.